The molecular weight excluding hydrogens is 234 g/mol. The summed E-state index contributed by atoms with van der Waals surface area (Å²) in [6.45, 7) is 4.85. The fourth-order valence-corrected chi connectivity index (χ4v) is 3.07. The molecule has 0 amide bonds. The van der Waals surface area contributed by atoms with E-state index in [9.17, 15) is 5.11 Å². The van der Waals surface area contributed by atoms with Gasteiger partial charge in [-0.05, 0) is 37.8 Å². The van der Waals surface area contributed by atoms with Gasteiger partial charge in [0.05, 0.1) is 6.10 Å². The lowest BCUT2D eigenvalue weighted by atomic mass is 10.0. The highest BCUT2D eigenvalue weighted by Crippen LogP contribution is 2.20. The van der Waals surface area contributed by atoms with Crippen molar-refractivity contribution in [3.05, 3.63) is 34.9 Å². The fraction of sp³-hybridized carbons (Fsp3) is 0.647. The molecule has 106 valence electrons. The topological polar surface area (TPSA) is 32.3 Å². The Morgan fingerprint density at radius 2 is 1.84 bits per heavy atom. The van der Waals surface area contributed by atoms with Crippen LogP contribution < -0.4 is 5.32 Å². The van der Waals surface area contributed by atoms with E-state index >= 15 is 0 Å². The number of aryl methyl sites for hydroxylation is 2. The summed E-state index contributed by atoms with van der Waals surface area (Å²) in [5.41, 5.74) is 3.51. The van der Waals surface area contributed by atoms with Crippen LogP contribution in [0.1, 0.15) is 61.3 Å². The first kappa shape index (κ1) is 14.5. The van der Waals surface area contributed by atoms with Crippen LogP contribution in [0.25, 0.3) is 0 Å². The van der Waals surface area contributed by atoms with Gasteiger partial charge in [0, 0.05) is 12.6 Å². The molecule has 0 saturated heterocycles. The minimum Gasteiger partial charge on any atom is -0.387 e. The lowest BCUT2D eigenvalue weighted by Crippen LogP contribution is -2.32. The average Bonchev–Trinajstić information content (AvgIpc) is 2.64. The highest BCUT2D eigenvalue weighted by Gasteiger charge is 2.15. The van der Waals surface area contributed by atoms with Crippen molar-refractivity contribution in [3.8, 4) is 0 Å². The minimum atomic E-state index is -0.385. The van der Waals surface area contributed by atoms with E-state index in [2.05, 4.69) is 37.4 Å². The molecule has 1 aliphatic carbocycles. The number of rotatable bonds is 4. The van der Waals surface area contributed by atoms with E-state index in [1.165, 1.54) is 49.7 Å². The van der Waals surface area contributed by atoms with Gasteiger partial charge < -0.3 is 10.4 Å². The van der Waals surface area contributed by atoms with Crippen molar-refractivity contribution in [1.29, 1.82) is 0 Å². The minimum absolute atomic E-state index is 0.385. The van der Waals surface area contributed by atoms with E-state index in [4.69, 9.17) is 0 Å². The molecule has 1 saturated carbocycles. The van der Waals surface area contributed by atoms with Gasteiger partial charge in [0.1, 0.15) is 0 Å². The molecule has 2 heteroatoms. The van der Waals surface area contributed by atoms with Crippen LogP contribution in [0.4, 0.5) is 0 Å². The first-order valence-corrected chi connectivity index (χ1v) is 7.65. The van der Waals surface area contributed by atoms with Gasteiger partial charge in [0.15, 0.2) is 0 Å². The number of nitrogens with one attached hydrogen (secondary N) is 1. The number of aliphatic hydroxyl groups excluding tert-OH is 1. The first-order valence-electron chi connectivity index (χ1n) is 7.65. The van der Waals surface area contributed by atoms with Gasteiger partial charge in [0.2, 0.25) is 0 Å². The van der Waals surface area contributed by atoms with E-state index in [-0.39, 0.29) is 6.10 Å². The number of aliphatic hydroxyl groups is 1. The zero-order valence-electron chi connectivity index (χ0n) is 12.3. The SMILES string of the molecule is Cc1ccc(C(O)CNC2CCCCCC2)c(C)c1. The summed E-state index contributed by atoms with van der Waals surface area (Å²) in [4.78, 5) is 0. The normalized spacial score (nSPS) is 19.1. The highest BCUT2D eigenvalue weighted by molar-refractivity contribution is 5.32. The second kappa shape index (κ2) is 7.06. The van der Waals surface area contributed by atoms with Gasteiger partial charge in [-0.3, -0.25) is 0 Å². The summed E-state index contributed by atoms with van der Waals surface area (Å²) in [7, 11) is 0. The van der Waals surface area contributed by atoms with Crippen molar-refractivity contribution in [2.75, 3.05) is 6.54 Å². The molecule has 2 N–H and O–H groups in total. The molecule has 0 spiro atoms. The van der Waals surface area contributed by atoms with Crippen molar-refractivity contribution >= 4 is 0 Å². The standard InChI is InChI=1S/C17H27NO/c1-13-9-10-16(14(2)11-13)17(19)12-18-15-7-5-3-4-6-8-15/h9-11,15,17-19H,3-8,12H2,1-2H3. The fourth-order valence-electron chi connectivity index (χ4n) is 3.07. The molecule has 0 bridgehead atoms. The van der Waals surface area contributed by atoms with Gasteiger partial charge in [-0.25, -0.2) is 0 Å². The van der Waals surface area contributed by atoms with Crippen molar-refractivity contribution in [3.63, 3.8) is 0 Å². The largest absolute Gasteiger partial charge is 0.387 e. The van der Waals surface area contributed by atoms with Crippen LogP contribution in [0.3, 0.4) is 0 Å². The van der Waals surface area contributed by atoms with Crippen molar-refractivity contribution in [1.82, 2.24) is 5.32 Å². The van der Waals surface area contributed by atoms with Gasteiger partial charge in [-0.2, -0.15) is 0 Å². The first-order chi connectivity index (χ1) is 9.16. The van der Waals surface area contributed by atoms with Crippen LogP contribution in [0.5, 0.6) is 0 Å². The Hall–Kier alpha value is -0.860. The third kappa shape index (κ3) is 4.32. The van der Waals surface area contributed by atoms with Crippen LogP contribution in [-0.4, -0.2) is 17.7 Å². The van der Waals surface area contributed by atoms with Crippen LogP contribution in [0.2, 0.25) is 0 Å². The van der Waals surface area contributed by atoms with E-state index in [0.29, 0.717) is 12.6 Å². The molecule has 1 aromatic carbocycles. The Kier molecular flexibility index (Phi) is 5.41. The Labute approximate surface area is 117 Å². The summed E-state index contributed by atoms with van der Waals surface area (Å²) in [6.07, 6.45) is 7.55. The second-order valence-electron chi connectivity index (χ2n) is 5.97. The molecule has 1 atom stereocenters. The smallest absolute Gasteiger partial charge is 0.0917 e. The van der Waals surface area contributed by atoms with Crippen molar-refractivity contribution in [2.45, 2.75) is 64.5 Å². The van der Waals surface area contributed by atoms with E-state index < -0.39 is 0 Å². The molecular formula is C17H27NO. The number of benzene rings is 1. The molecule has 2 nitrogen and oxygen atoms in total. The molecule has 2 rings (SSSR count). The van der Waals surface area contributed by atoms with Crippen LogP contribution in [0.15, 0.2) is 18.2 Å². The van der Waals surface area contributed by atoms with Gasteiger partial charge >= 0.3 is 0 Å². The Balaban J connectivity index is 1.87. The zero-order chi connectivity index (χ0) is 13.7. The molecule has 0 heterocycles. The van der Waals surface area contributed by atoms with Gasteiger partial charge in [0.25, 0.3) is 0 Å². The van der Waals surface area contributed by atoms with Gasteiger partial charge in [-0.15, -0.1) is 0 Å². The summed E-state index contributed by atoms with van der Waals surface area (Å²) < 4.78 is 0. The molecule has 1 aliphatic rings. The maximum Gasteiger partial charge on any atom is 0.0917 e. The quantitative estimate of drug-likeness (QED) is 0.811. The molecule has 0 aromatic heterocycles. The third-order valence-electron chi connectivity index (χ3n) is 4.24. The predicted octanol–water partition coefficient (Wildman–Crippen LogP) is 3.65. The van der Waals surface area contributed by atoms with Crippen molar-refractivity contribution in [2.24, 2.45) is 0 Å². The number of hydrogen-bond acceptors (Lipinski definition) is 2. The average molecular weight is 261 g/mol. The summed E-state index contributed by atoms with van der Waals surface area (Å²) in [5.74, 6) is 0. The maximum absolute atomic E-state index is 10.3. The summed E-state index contributed by atoms with van der Waals surface area (Å²) in [5, 5.41) is 13.9. The Morgan fingerprint density at radius 1 is 1.16 bits per heavy atom. The molecule has 0 aliphatic heterocycles. The Bertz CT molecular complexity index is 394. The maximum atomic E-state index is 10.3. The highest BCUT2D eigenvalue weighted by atomic mass is 16.3. The molecule has 0 radical (unpaired) electrons. The lowest BCUT2D eigenvalue weighted by molar-refractivity contribution is 0.167. The molecule has 1 fully saturated rings. The second-order valence-corrected chi connectivity index (χ2v) is 5.97. The Morgan fingerprint density at radius 3 is 2.47 bits per heavy atom. The molecule has 1 unspecified atom stereocenters. The van der Waals surface area contributed by atoms with E-state index in [1.807, 2.05) is 0 Å². The predicted molar refractivity (Wildman–Crippen MR) is 80.4 cm³/mol. The summed E-state index contributed by atoms with van der Waals surface area (Å²) in [6, 6.07) is 6.88. The summed E-state index contributed by atoms with van der Waals surface area (Å²) >= 11 is 0. The van der Waals surface area contributed by atoms with Crippen LogP contribution >= 0.6 is 0 Å². The third-order valence-corrected chi connectivity index (χ3v) is 4.24. The number of hydrogen-bond donors (Lipinski definition) is 2. The van der Waals surface area contributed by atoms with Crippen LogP contribution in [0, 0.1) is 13.8 Å². The molecule has 19 heavy (non-hydrogen) atoms. The van der Waals surface area contributed by atoms with E-state index in [1.54, 1.807) is 0 Å². The monoisotopic (exact) mass is 261 g/mol. The van der Waals surface area contributed by atoms with E-state index in [0.717, 1.165) is 5.56 Å². The van der Waals surface area contributed by atoms with Gasteiger partial charge in [-0.1, -0.05) is 49.4 Å². The lowest BCUT2D eigenvalue weighted by Gasteiger charge is -2.20. The zero-order valence-corrected chi connectivity index (χ0v) is 12.3. The molecule has 1 aromatic rings. The van der Waals surface area contributed by atoms with Crippen molar-refractivity contribution < 1.29 is 5.11 Å². The van der Waals surface area contributed by atoms with Crippen LogP contribution in [-0.2, 0) is 0 Å².